The number of amides is 1. The van der Waals surface area contributed by atoms with E-state index in [0.717, 1.165) is 6.42 Å². The van der Waals surface area contributed by atoms with Crippen molar-refractivity contribution in [3.63, 3.8) is 0 Å². The van der Waals surface area contributed by atoms with Crippen LogP contribution in [0, 0.1) is 23.2 Å². The zero-order valence-corrected chi connectivity index (χ0v) is 8.79. The molecule has 13 heavy (non-hydrogen) atoms. The van der Waals surface area contributed by atoms with Crippen LogP contribution in [-0.2, 0) is 4.79 Å². The lowest BCUT2D eigenvalue weighted by Gasteiger charge is -2.16. The summed E-state index contributed by atoms with van der Waals surface area (Å²) in [5.74, 6) is -0.588. The summed E-state index contributed by atoms with van der Waals surface area (Å²) < 4.78 is 0. The van der Waals surface area contributed by atoms with Gasteiger partial charge >= 0.3 is 0 Å². The van der Waals surface area contributed by atoms with Crippen LogP contribution in [0.15, 0.2) is 0 Å². The normalized spacial score (nSPS) is 14.8. The minimum absolute atomic E-state index is 0.0778. The van der Waals surface area contributed by atoms with E-state index in [2.05, 4.69) is 5.32 Å². The van der Waals surface area contributed by atoms with Gasteiger partial charge in [-0.25, -0.2) is 0 Å². The van der Waals surface area contributed by atoms with Crippen LogP contribution in [0.5, 0.6) is 0 Å². The monoisotopic (exact) mass is 182 g/mol. The molecule has 0 aliphatic carbocycles. The largest absolute Gasteiger partial charge is 0.353 e. The number of carbonyl (C=O) groups is 1. The second-order valence-electron chi connectivity index (χ2n) is 3.67. The van der Waals surface area contributed by atoms with Gasteiger partial charge in [0.05, 0.1) is 6.07 Å². The average Bonchev–Trinajstić information content (AvgIpc) is 2.04. The fraction of sp³-hybridized carbons (Fsp3) is 0.800. The molecule has 0 heterocycles. The molecule has 0 aliphatic heterocycles. The Morgan fingerprint density at radius 3 is 2.31 bits per heavy atom. The second-order valence-corrected chi connectivity index (χ2v) is 3.67. The summed E-state index contributed by atoms with van der Waals surface area (Å²) in [6.45, 7) is 7.70. The molecule has 0 aliphatic rings. The smallest absolute Gasteiger partial charge is 0.237 e. The molecule has 2 atom stereocenters. The summed E-state index contributed by atoms with van der Waals surface area (Å²) in [4.78, 5) is 11.5. The van der Waals surface area contributed by atoms with Gasteiger partial charge in [0.15, 0.2) is 0 Å². The van der Waals surface area contributed by atoms with Crippen molar-refractivity contribution >= 4 is 5.91 Å². The Balaban J connectivity index is 4.17. The quantitative estimate of drug-likeness (QED) is 0.719. The maximum atomic E-state index is 11.5. The van der Waals surface area contributed by atoms with E-state index in [0.29, 0.717) is 0 Å². The molecule has 0 radical (unpaired) electrons. The maximum absolute atomic E-state index is 11.5. The zero-order chi connectivity index (χ0) is 10.4. The Labute approximate surface area is 80.1 Å². The number of hydrogen-bond donors (Lipinski definition) is 1. The van der Waals surface area contributed by atoms with Gasteiger partial charge in [-0.3, -0.25) is 4.79 Å². The number of nitriles is 1. The van der Waals surface area contributed by atoms with Gasteiger partial charge in [0.2, 0.25) is 5.91 Å². The van der Waals surface area contributed by atoms with E-state index >= 15 is 0 Å². The lowest BCUT2D eigenvalue weighted by molar-refractivity contribution is -0.125. The molecule has 0 aromatic carbocycles. The van der Waals surface area contributed by atoms with Crippen molar-refractivity contribution in [2.24, 2.45) is 11.8 Å². The van der Waals surface area contributed by atoms with Crippen LogP contribution in [0.2, 0.25) is 0 Å². The number of carbonyl (C=O) groups excluding carboxylic acids is 1. The van der Waals surface area contributed by atoms with Crippen molar-refractivity contribution in [1.29, 1.82) is 5.26 Å². The number of nitrogens with zero attached hydrogens (tertiary/aromatic N) is 1. The fourth-order valence-corrected chi connectivity index (χ4v) is 0.945. The van der Waals surface area contributed by atoms with Crippen LogP contribution in [0.1, 0.15) is 34.1 Å². The molecule has 3 heteroatoms. The van der Waals surface area contributed by atoms with Crippen LogP contribution in [-0.4, -0.2) is 11.9 Å². The third-order valence-corrected chi connectivity index (χ3v) is 2.09. The van der Waals surface area contributed by atoms with Crippen molar-refractivity contribution in [1.82, 2.24) is 5.32 Å². The number of nitrogens with one attached hydrogen (secondary N) is 1. The Morgan fingerprint density at radius 1 is 1.46 bits per heavy atom. The first-order valence-electron chi connectivity index (χ1n) is 4.72. The van der Waals surface area contributed by atoms with Crippen LogP contribution >= 0.6 is 0 Å². The Hall–Kier alpha value is -1.04. The standard InChI is InChI=1S/C10H18N2O/c1-5-8(4)12-10(13)9(6-11)7(2)3/h7-9H,5H2,1-4H3,(H,12,13). The van der Waals surface area contributed by atoms with Gasteiger partial charge in [-0.05, 0) is 19.3 Å². The molecule has 0 aromatic rings. The van der Waals surface area contributed by atoms with E-state index in [1.807, 2.05) is 33.8 Å². The number of hydrogen-bond acceptors (Lipinski definition) is 2. The molecule has 0 saturated carbocycles. The van der Waals surface area contributed by atoms with E-state index < -0.39 is 5.92 Å². The molecule has 1 N–H and O–H groups in total. The predicted octanol–water partition coefficient (Wildman–Crippen LogP) is 1.70. The van der Waals surface area contributed by atoms with Crippen molar-refractivity contribution in [2.45, 2.75) is 40.2 Å². The molecular formula is C10H18N2O. The van der Waals surface area contributed by atoms with Crippen molar-refractivity contribution < 1.29 is 4.79 Å². The molecule has 0 spiro atoms. The van der Waals surface area contributed by atoms with Crippen molar-refractivity contribution in [2.75, 3.05) is 0 Å². The van der Waals surface area contributed by atoms with Gasteiger partial charge in [0, 0.05) is 6.04 Å². The first-order chi connectivity index (χ1) is 6.02. The first-order valence-corrected chi connectivity index (χ1v) is 4.72. The van der Waals surface area contributed by atoms with Gasteiger partial charge in [-0.1, -0.05) is 20.8 Å². The molecule has 74 valence electrons. The van der Waals surface area contributed by atoms with E-state index in [1.54, 1.807) is 0 Å². The Morgan fingerprint density at radius 2 is 2.00 bits per heavy atom. The molecule has 0 aromatic heterocycles. The van der Waals surface area contributed by atoms with Gasteiger partial charge in [-0.15, -0.1) is 0 Å². The van der Waals surface area contributed by atoms with E-state index in [4.69, 9.17) is 5.26 Å². The lowest BCUT2D eigenvalue weighted by Crippen LogP contribution is -2.38. The molecule has 0 rings (SSSR count). The minimum Gasteiger partial charge on any atom is -0.353 e. The van der Waals surface area contributed by atoms with Crippen molar-refractivity contribution in [3.05, 3.63) is 0 Å². The maximum Gasteiger partial charge on any atom is 0.237 e. The molecule has 0 bridgehead atoms. The summed E-state index contributed by atoms with van der Waals surface area (Å²) >= 11 is 0. The highest BCUT2D eigenvalue weighted by Crippen LogP contribution is 2.09. The summed E-state index contributed by atoms with van der Waals surface area (Å²) in [7, 11) is 0. The topological polar surface area (TPSA) is 52.9 Å². The molecule has 0 fully saturated rings. The summed E-state index contributed by atoms with van der Waals surface area (Å²) in [5, 5.41) is 11.5. The third-order valence-electron chi connectivity index (χ3n) is 2.09. The predicted molar refractivity (Wildman–Crippen MR) is 51.8 cm³/mol. The zero-order valence-electron chi connectivity index (χ0n) is 8.79. The Bertz CT molecular complexity index is 205. The summed E-state index contributed by atoms with van der Waals surface area (Å²) in [6, 6.07) is 2.17. The SMILES string of the molecule is CCC(C)NC(=O)C(C#N)C(C)C. The molecule has 0 saturated heterocycles. The van der Waals surface area contributed by atoms with Crippen LogP contribution < -0.4 is 5.32 Å². The summed E-state index contributed by atoms with van der Waals surface area (Å²) in [6.07, 6.45) is 0.891. The fourth-order valence-electron chi connectivity index (χ4n) is 0.945. The van der Waals surface area contributed by atoms with Crippen LogP contribution in [0.25, 0.3) is 0 Å². The van der Waals surface area contributed by atoms with Gasteiger partial charge in [-0.2, -0.15) is 5.26 Å². The second kappa shape index (κ2) is 5.58. The third kappa shape index (κ3) is 3.93. The van der Waals surface area contributed by atoms with Crippen molar-refractivity contribution in [3.8, 4) is 6.07 Å². The van der Waals surface area contributed by atoms with Gasteiger partial charge < -0.3 is 5.32 Å². The molecule has 2 unspecified atom stereocenters. The van der Waals surface area contributed by atoms with Gasteiger partial charge in [0.1, 0.15) is 5.92 Å². The van der Waals surface area contributed by atoms with Gasteiger partial charge in [0.25, 0.3) is 0 Å². The van der Waals surface area contributed by atoms with E-state index in [9.17, 15) is 4.79 Å². The number of rotatable bonds is 4. The lowest BCUT2D eigenvalue weighted by atomic mass is 9.96. The summed E-state index contributed by atoms with van der Waals surface area (Å²) in [5.41, 5.74) is 0. The average molecular weight is 182 g/mol. The Kier molecular flexibility index (Phi) is 5.13. The first kappa shape index (κ1) is 12.0. The highest BCUT2D eigenvalue weighted by atomic mass is 16.1. The van der Waals surface area contributed by atoms with E-state index in [-0.39, 0.29) is 17.9 Å². The molecule has 3 nitrogen and oxygen atoms in total. The van der Waals surface area contributed by atoms with E-state index in [1.165, 1.54) is 0 Å². The van der Waals surface area contributed by atoms with Crippen LogP contribution in [0.3, 0.4) is 0 Å². The minimum atomic E-state index is -0.519. The highest BCUT2D eigenvalue weighted by molar-refractivity contribution is 5.81. The van der Waals surface area contributed by atoms with Crippen LogP contribution in [0.4, 0.5) is 0 Å². The highest BCUT2D eigenvalue weighted by Gasteiger charge is 2.22. The molecular weight excluding hydrogens is 164 g/mol. The molecule has 1 amide bonds.